The van der Waals surface area contributed by atoms with Crippen LogP contribution < -0.4 is 4.74 Å². The van der Waals surface area contributed by atoms with Crippen molar-refractivity contribution >= 4 is 11.2 Å². The standard InChI is InChI=1S/C18H11F4N5O/c1-28-12-5-3-11(4-6-12)27-17-16(25-26-27)15(23-9-24-17)13-7-2-10(8-14(13)19)18(20,21)22/h2-9H,1H3. The summed E-state index contributed by atoms with van der Waals surface area (Å²) >= 11 is 0. The first-order chi connectivity index (χ1) is 13.4. The van der Waals surface area contributed by atoms with Crippen LogP contribution in [0.5, 0.6) is 5.75 Å². The van der Waals surface area contributed by atoms with Crippen molar-refractivity contribution in [2.75, 3.05) is 7.11 Å². The molecule has 2 aromatic carbocycles. The molecule has 0 unspecified atom stereocenters. The molecular formula is C18H11F4N5O. The molecule has 0 aliphatic rings. The van der Waals surface area contributed by atoms with E-state index in [4.69, 9.17) is 4.74 Å². The maximum Gasteiger partial charge on any atom is 0.416 e. The van der Waals surface area contributed by atoms with Crippen molar-refractivity contribution in [3.63, 3.8) is 0 Å². The van der Waals surface area contributed by atoms with Gasteiger partial charge in [0.2, 0.25) is 0 Å². The molecule has 0 amide bonds. The average molecular weight is 389 g/mol. The Bertz CT molecular complexity index is 1160. The first kappa shape index (κ1) is 17.8. The number of hydrogen-bond donors (Lipinski definition) is 0. The fourth-order valence-corrected chi connectivity index (χ4v) is 2.73. The predicted octanol–water partition coefficient (Wildman–Crippen LogP) is 4.04. The van der Waals surface area contributed by atoms with Crippen molar-refractivity contribution in [2.45, 2.75) is 6.18 Å². The maximum atomic E-state index is 14.4. The van der Waals surface area contributed by atoms with Crippen LogP contribution >= 0.6 is 0 Å². The van der Waals surface area contributed by atoms with Gasteiger partial charge in [0, 0.05) is 5.56 Å². The minimum Gasteiger partial charge on any atom is -0.497 e. The highest BCUT2D eigenvalue weighted by molar-refractivity contribution is 5.87. The van der Waals surface area contributed by atoms with Gasteiger partial charge in [0.25, 0.3) is 0 Å². The lowest BCUT2D eigenvalue weighted by Gasteiger charge is -2.09. The fraction of sp³-hybridized carbons (Fsp3) is 0.111. The lowest BCUT2D eigenvalue weighted by atomic mass is 10.1. The van der Waals surface area contributed by atoms with E-state index < -0.39 is 17.6 Å². The van der Waals surface area contributed by atoms with Gasteiger partial charge in [-0.05, 0) is 42.5 Å². The molecule has 0 N–H and O–H groups in total. The van der Waals surface area contributed by atoms with E-state index in [9.17, 15) is 17.6 Å². The van der Waals surface area contributed by atoms with Crippen LogP contribution in [0.15, 0.2) is 48.8 Å². The third-order valence-electron chi connectivity index (χ3n) is 4.11. The Balaban J connectivity index is 1.83. The second kappa shape index (κ2) is 6.55. The van der Waals surface area contributed by atoms with Gasteiger partial charge in [-0.3, -0.25) is 0 Å². The van der Waals surface area contributed by atoms with Gasteiger partial charge in [-0.15, -0.1) is 5.10 Å². The molecule has 4 rings (SSSR count). The molecule has 0 saturated heterocycles. The highest BCUT2D eigenvalue weighted by Crippen LogP contribution is 2.33. The normalized spacial score (nSPS) is 11.8. The summed E-state index contributed by atoms with van der Waals surface area (Å²) in [6, 6.07) is 9.14. The molecule has 0 atom stereocenters. The van der Waals surface area contributed by atoms with Gasteiger partial charge in [0.05, 0.1) is 18.4 Å². The zero-order valence-corrected chi connectivity index (χ0v) is 14.3. The van der Waals surface area contributed by atoms with E-state index in [0.717, 1.165) is 12.1 Å². The topological polar surface area (TPSA) is 65.7 Å². The predicted molar refractivity (Wildman–Crippen MR) is 91.4 cm³/mol. The van der Waals surface area contributed by atoms with E-state index in [1.165, 1.54) is 18.1 Å². The molecule has 2 aromatic heterocycles. The summed E-state index contributed by atoms with van der Waals surface area (Å²) in [4.78, 5) is 8.12. The number of benzene rings is 2. The second-order valence-electron chi connectivity index (χ2n) is 5.79. The average Bonchev–Trinajstić information content (AvgIpc) is 3.11. The van der Waals surface area contributed by atoms with Crippen molar-refractivity contribution in [1.82, 2.24) is 25.0 Å². The molecule has 0 aliphatic heterocycles. The van der Waals surface area contributed by atoms with Crippen molar-refractivity contribution < 1.29 is 22.3 Å². The van der Waals surface area contributed by atoms with Gasteiger partial charge < -0.3 is 4.74 Å². The molecule has 0 aliphatic carbocycles. The summed E-state index contributed by atoms with van der Waals surface area (Å²) in [5.41, 5.74) is -0.0774. The molecule has 0 spiro atoms. The number of fused-ring (bicyclic) bond motifs is 1. The number of methoxy groups -OCH3 is 1. The van der Waals surface area contributed by atoms with Gasteiger partial charge in [-0.2, -0.15) is 17.9 Å². The zero-order chi connectivity index (χ0) is 19.9. The molecular weight excluding hydrogens is 378 g/mol. The molecule has 0 radical (unpaired) electrons. The van der Waals surface area contributed by atoms with E-state index in [0.29, 0.717) is 17.5 Å². The Kier molecular flexibility index (Phi) is 4.17. The van der Waals surface area contributed by atoms with Gasteiger partial charge in [0.1, 0.15) is 23.6 Å². The van der Waals surface area contributed by atoms with Crippen LogP contribution in [0.1, 0.15) is 5.56 Å². The van der Waals surface area contributed by atoms with E-state index >= 15 is 0 Å². The first-order valence-corrected chi connectivity index (χ1v) is 7.96. The van der Waals surface area contributed by atoms with Crippen LogP contribution in [0.2, 0.25) is 0 Å². The number of aromatic nitrogens is 5. The molecule has 4 aromatic rings. The van der Waals surface area contributed by atoms with Crippen molar-refractivity contribution in [2.24, 2.45) is 0 Å². The highest BCUT2D eigenvalue weighted by Gasteiger charge is 2.31. The SMILES string of the molecule is COc1ccc(-n2nnc3c(-c4ccc(C(F)(F)F)cc4F)ncnc32)cc1. The molecule has 0 fully saturated rings. The molecule has 10 heteroatoms. The lowest BCUT2D eigenvalue weighted by molar-refractivity contribution is -0.137. The quantitative estimate of drug-likeness (QED) is 0.495. The number of hydrogen-bond acceptors (Lipinski definition) is 5. The Labute approximate surface area is 155 Å². The van der Waals surface area contributed by atoms with Crippen LogP contribution in [-0.2, 0) is 6.18 Å². The summed E-state index contributed by atoms with van der Waals surface area (Å²) in [6.45, 7) is 0. The van der Waals surface area contributed by atoms with Crippen molar-refractivity contribution in [1.29, 1.82) is 0 Å². The Morgan fingerprint density at radius 2 is 1.75 bits per heavy atom. The summed E-state index contributed by atoms with van der Waals surface area (Å²) < 4.78 is 59.2. The summed E-state index contributed by atoms with van der Waals surface area (Å²) in [6.07, 6.45) is -3.46. The minimum atomic E-state index is -4.64. The van der Waals surface area contributed by atoms with E-state index in [2.05, 4.69) is 20.3 Å². The number of alkyl halides is 3. The Hall–Kier alpha value is -3.56. The van der Waals surface area contributed by atoms with E-state index in [1.807, 2.05) is 0 Å². The number of nitrogens with zero attached hydrogens (tertiary/aromatic N) is 5. The summed E-state index contributed by atoms with van der Waals surface area (Å²) in [7, 11) is 1.54. The Morgan fingerprint density at radius 1 is 1.00 bits per heavy atom. The molecule has 6 nitrogen and oxygen atoms in total. The van der Waals surface area contributed by atoms with Crippen LogP contribution in [0.4, 0.5) is 17.6 Å². The van der Waals surface area contributed by atoms with Crippen LogP contribution in [-0.4, -0.2) is 32.1 Å². The second-order valence-corrected chi connectivity index (χ2v) is 5.79. The van der Waals surface area contributed by atoms with Crippen molar-refractivity contribution in [3.05, 3.63) is 60.2 Å². The molecule has 0 bridgehead atoms. The fourth-order valence-electron chi connectivity index (χ4n) is 2.73. The number of halogens is 4. The van der Waals surface area contributed by atoms with Gasteiger partial charge in [-0.25, -0.2) is 14.4 Å². The molecule has 2 heterocycles. The van der Waals surface area contributed by atoms with Crippen molar-refractivity contribution in [3.8, 4) is 22.7 Å². The smallest absolute Gasteiger partial charge is 0.416 e. The maximum absolute atomic E-state index is 14.4. The summed E-state index contributed by atoms with van der Waals surface area (Å²) in [5, 5.41) is 8.01. The van der Waals surface area contributed by atoms with Crippen LogP contribution in [0, 0.1) is 5.82 Å². The van der Waals surface area contributed by atoms with E-state index in [1.54, 1.807) is 24.3 Å². The first-order valence-electron chi connectivity index (χ1n) is 7.96. The third-order valence-corrected chi connectivity index (χ3v) is 4.11. The molecule has 0 saturated carbocycles. The molecule has 28 heavy (non-hydrogen) atoms. The monoisotopic (exact) mass is 389 g/mol. The lowest BCUT2D eigenvalue weighted by Crippen LogP contribution is -2.05. The number of rotatable bonds is 3. The minimum absolute atomic E-state index is 0.0518. The largest absolute Gasteiger partial charge is 0.497 e. The summed E-state index contributed by atoms with van der Waals surface area (Å²) in [5.74, 6) is -0.413. The number of ether oxygens (including phenoxy) is 1. The highest BCUT2D eigenvalue weighted by atomic mass is 19.4. The van der Waals surface area contributed by atoms with Gasteiger partial charge in [-0.1, -0.05) is 5.21 Å². The molecule has 142 valence electrons. The van der Waals surface area contributed by atoms with E-state index in [-0.39, 0.29) is 22.4 Å². The van der Waals surface area contributed by atoms with Crippen LogP contribution in [0.25, 0.3) is 28.1 Å². The van der Waals surface area contributed by atoms with Gasteiger partial charge >= 0.3 is 6.18 Å². The van der Waals surface area contributed by atoms with Crippen LogP contribution in [0.3, 0.4) is 0 Å². The zero-order valence-electron chi connectivity index (χ0n) is 14.3. The third kappa shape index (κ3) is 3.02. The van der Waals surface area contributed by atoms with Gasteiger partial charge in [0.15, 0.2) is 11.2 Å². The Morgan fingerprint density at radius 3 is 2.39 bits per heavy atom.